The van der Waals surface area contributed by atoms with E-state index in [0.29, 0.717) is 5.11 Å². The number of nitrogens with two attached hydrogens (primary N) is 1. The Hall–Kier alpha value is -0.680. The average Bonchev–Trinajstić information content (AvgIpc) is 2.50. The van der Waals surface area contributed by atoms with Crippen molar-refractivity contribution >= 4 is 28.7 Å². The number of aryl methyl sites for hydroxylation is 1. The van der Waals surface area contributed by atoms with E-state index in [0.717, 1.165) is 11.4 Å². The summed E-state index contributed by atoms with van der Waals surface area (Å²) in [7, 11) is 0. The zero-order valence-electron chi connectivity index (χ0n) is 7.70. The maximum absolute atomic E-state index is 5.37. The van der Waals surface area contributed by atoms with Crippen LogP contribution < -0.4 is 11.1 Å². The number of thiazole rings is 1. The van der Waals surface area contributed by atoms with Crippen LogP contribution in [0.4, 0.5) is 0 Å². The third-order valence-electron chi connectivity index (χ3n) is 1.65. The molecule has 0 saturated carbocycles. The maximum atomic E-state index is 5.37. The number of hydrogen-bond acceptors (Lipinski definition) is 3. The molecule has 1 unspecified atom stereocenters. The summed E-state index contributed by atoms with van der Waals surface area (Å²) >= 11 is 6.44. The van der Waals surface area contributed by atoms with Crippen molar-refractivity contribution in [1.82, 2.24) is 10.3 Å². The van der Waals surface area contributed by atoms with E-state index in [-0.39, 0.29) is 6.04 Å². The lowest BCUT2D eigenvalue weighted by Crippen LogP contribution is -2.31. The van der Waals surface area contributed by atoms with E-state index in [1.807, 2.05) is 13.1 Å². The molecule has 0 aromatic carbocycles. The molecule has 1 atom stereocenters. The highest BCUT2D eigenvalue weighted by Gasteiger charge is 2.09. The summed E-state index contributed by atoms with van der Waals surface area (Å²) in [5, 5.41) is 4.31. The second-order valence-corrected chi connectivity index (χ2v) is 4.34. The molecule has 13 heavy (non-hydrogen) atoms. The second kappa shape index (κ2) is 4.53. The molecule has 0 radical (unpaired) electrons. The molecule has 0 aliphatic carbocycles. The molecule has 0 aliphatic rings. The lowest BCUT2D eigenvalue weighted by molar-refractivity contribution is 0.713. The van der Waals surface area contributed by atoms with Crippen molar-refractivity contribution in [3.8, 4) is 0 Å². The van der Waals surface area contributed by atoms with E-state index < -0.39 is 0 Å². The van der Waals surface area contributed by atoms with Crippen molar-refractivity contribution < 1.29 is 0 Å². The minimum Gasteiger partial charge on any atom is -0.376 e. The molecular formula is C8H13N3S2. The van der Waals surface area contributed by atoms with Gasteiger partial charge in [0.1, 0.15) is 5.01 Å². The van der Waals surface area contributed by atoms with Crippen LogP contribution in [-0.2, 0) is 6.42 Å². The van der Waals surface area contributed by atoms with Crippen molar-refractivity contribution in [2.45, 2.75) is 26.3 Å². The zero-order valence-corrected chi connectivity index (χ0v) is 9.34. The molecule has 1 rings (SSSR count). The molecule has 1 aromatic heterocycles. The first-order valence-electron chi connectivity index (χ1n) is 4.14. The van der Waals surface area contributed by atoms with E-state index in [1.54, 1.807) is 11.3 Å². The smallest absolute Gasteiger partial charge is 0.164 e. The standard InChI is InChI=1S/C8H13N3S2/c1-3-6-4-10-7(13-6)5(2)11-8(9)12/h4-5H,3H2,1-2H3,(H3,9,11,12). The number of nitrogens with zero attached hydrogens (tertiary/aromatic N) is 1. The van der Waals surface area contributed by atoms with Gasteiger partial charge in [0.2, 0.25) is 0 Å². The van der Waals surface area contributed by atoms with Crippen LogP contribution in [0.5, 0.6) is 0 Å². The Morgan fingerprint density at radius 1 is 1.85 bits per heavy atom. The third kappa shape index (κ3) is 2.93. The largest absolute Gasteiger partial charge is 0.376 e. The summed E-state index contributed by atoms with van der Waals surface area (Å²) < 4.78 is 0. The van der Waals surface area contributed by atoms with Crippen LogP contribution in [0.25, 0.3) is 0 Å². The summed E-state index contributed by atoms with van der Waals surface area (Å²) in [6, 6.07) is 0.114. The molecule has 1 aromatic rings. The minimum absolute atomic E-state index is 0.114. The third-order valence-corrected chi connectivity index (χ3v) is 3.09. The number of hydrogen-bond donors (Lipinski definition) is 2. The average molecular weight is 215 g/mol. The summed E-state index contributed by atoms with van der Waals surface area (Å²) in [4.78, 5) is 5.56. The van der Waals surface area contributed by atoms with Gasteiger partial charge in [-0.3, -0.25) is 0 Å². The fourth-order valence-corrected chi connectivity index (χ4v) is 2.00. The van der Waals surface area contributed by atoms with E-state index in [4.69, 9.17) is 18.0 Å². The van der Waals surface area contributed by atoms with Gasteiger partial charge >= 0.3 is 0 Å². The van der Waals surface area contributed by atoms with Crippen molar-refractivity contribution in [3.05, 3.63) is 16.1 Å². The Labute approximate surface area is 87.4 Å². The normalized spacial score (nSPS) is 12.5. The number of aromatic nitrogens is 1. The Balaban J connectivity index is 2.65. The lowest BCUT2D eigenvalue weighted by Gasteiger charge is -2.09. The first-order chi connectivity index (χ1) is 6.13. The fourth-order valence-electron chi connectivity index (χ4n) is 0.961. The van der Waals surface area contributed by atoms with Crippen molar-refractivity contribution in [1.29, 1.82) is 0 Å². The zero-order chi connectivity index (χ0) is 9.84. The molecule has 1 heterocycles. The van der Waals surface area contributed by atoms with Gasteiger partial charge in [-0.05, 0) is 25.6 Å². The van der Waals surface area contributed by atoms with Gasteiger partial charge < -0.3 is 11.1 Å². The van der Waals surface area contributed by atoms with Gasteiger partial charge in [0.25, 0.3) is 0 Å². The predicted molar refractivity (Wildman–Crippen MR) is 59.8 cm³/mol. The van der Waals surface area contributed by atoms with E-state index in [9.17, 15) is 0 Å². The molecule has 5 heteroatoms. The Bertz CT molecular complexity index is 295. The SMILES string of the molecule is CCc1cnc(C(C)NC(N)=S)s1. The maximum Gasteiger partial charge on any atom is 0.164 e. The number of rotatable bonds is 3. The van der Waals surface area contributed by atoms with E-state index >= 15 is 0 Å². The van der Waals surface area contributed by atoms with Crippen molar-refractivity contribution in [2.75, 3.05) is 0 Å². The van der Waals surface area contributed by atoms with Crippen LogP contribution in [0, 0.1) is 0 Å². The number of thiocarbonyl (C=S) groups is 1. The van der Waals surface area contributed by atoms with Crippen LogP contribution in [0.15, 0.2) is 6.20 Å². The molecule has 0 saturated heterocycles. The molecule has 0 spiro atoms. The lowest BCUT2D eigenvalue weighted by atomic mass is 10.4. The van der Waals surface area contributed by atoms with Crippen molar-refractivity contribution in [3.63, 3.8) is 0 Å². The molecule has 0 bridgehead atoms. The molecule has 3 N–H and O–H groups in total. The molecule has 72 valence electrons. The van der Waals surface area contributed by atoms with Crippen LogP contribution >= 0.6 is 23.6 Å². The fraction of sp³-hybridized carbons (Fsp3) is 0.500. The monoisotopic (exact) mass is 215 g/mol. The Morgan fingerprint density at radius 3 is 3.00 bits per heavy atom. The van der Waals surface area contributed by atoms with Gasteiger partial charge in [0.05, 0.1) is 6.04 Å². The van der Waals surface area contributed by atoms with Gasteiger partial charge in [-0.1, -0.05) is 6.92 Å². The van der Waals surface area contributed by atoms with Crippen LogP contribution in [-0.4, -0.2) is 10.1 Å². The molecule has 3 nitrogen and oxygen atoms in total. The van der Waals surface area contributed by atoms with Gasteiger partial charge in [0, 0.05) is 11.1 Å². The van der Waals surface area contributed by atoms with Gasteiger partial charge in [-0.15, -0.1) is 11.3 Å². The summed E-state index contributed by atoms with van der Waals surface area (Å²) in [6.45, 7) is 4.11. The molecule has 0 aliphatic heterocycles. The van der Waals surface area contributed by atoms with Crippen LogP contribution in [0.3, 0.4) is 0 Å². The first kappa shape index (κ1) is 10.4. The molecule has 0 fully saturated rings. The van der Waals surface area contributed by atoms with Crippen LogP contribution in [0.1, 0.15) is 29.8 Å². The predicted octanol–water partition coefficient (Wildman–Crippen LogP) is 1.60. The summed E-state index contributed by atoms with van der Waals surface area (Å²) in [6.07, 6.45) is 2.93. The molecule has 0 amide bonds. The highest BCUT2D eigenvalue weighted by atomic mass is 32.1. The summed E-state index contributed by atoms with van der Waals surface area (Å²) in [5.41, 5.74) is 5.37. The quantitative estimate of drug-likeness (QED) is 0.752. The number of nitrogens with one attached hydrogen (secondary N) is 1. The van der Waals surface area contributed by atoms with E-state index in [1.165, 1.54) is 4.88 Å². The topological polar surface area (TPSA) is 50.9 Å². The summed E-state index contributed by atoms with van der Waals surface area (Å²) in [5.74, 6) is 0. The van der Waals surface area contributed by atoms with Gasteiger partial charge in [-0.2, -0.15) is 0 Å². The minimum atomic E-state index is 0.114. The van der Waals surface area contributed by atoms with Gasteiger partial charge in [0.15, 0.2) is 5.11 Å². The highest BCUT2D eigenvalue weighted by molar-refractivity contribution is 7.80. The second-order valence-electron chi connectivity index (χ2n) is 2.75. The first-order valence-corrected chi connectivity index (χ1v) is 5.36. The Kier molecular flexibility index (Phi) is 3.62. The Morgan fingerprint density at radius 2 is 2.54 bits per heavy atom. The van der Waals surface area contributed by atoms with Crippen molar-refractivity contribution in [2.24, 2.45) is 5.73 Å². The van der Waals surface area contributed by atoms with Gasteiger partial charge in [-0.25, -0.2) is 4.98 Å². The highest BCUT2D eigenvalue weighted by Crippen LogP contribution is 2.19. The van der Waals surface area contributed by atoms with Crippen LogP contribution in [0.2, 0.25) is 0 Å². The molecular weight excluding hydrogens is 202 g/mol. The van der Waals surface area contributed by atoms with E-state index in [2.05, 4.69) is 17.2 Å².